The zero-order chi connectivity index (χ0) is 43.1. The molecular formula is C46H56N10O6. The molecule has 9 rings (SSSR count). The van der Waals surface area contributed by atoms with Crippen molar-refractivity contribution >= 4 is 47.1 Å². The summed E-state index contributed by atoms with van der Waals surface area (Å²) < 4.78 is 0. The summed E-state index contributed by atoms with van der Waals surface area (Å²) in [6, 6.07) is 13.3. The molecule has 2 aromatic carbocycles. The highest BCUT2D eigenvalue weighted by Crippen LogP contribution is 2.34. The van der Waals surface area contributed by atoms with E-state index >= 15 is 0 Å². The number of carbonyl (C=O) groups is 6. The van der Waals surface area contributed by atoms with Crippen molar-refractivity contribution < 1.29 is 28.8 Å². The van der Waals surface area contributed by atoms with Crippen LogP contribution >= 0.6 is 0 Å². The molecule has 2 atom stereocenters. The van der Waals surface area contributed by atoms with Crippen LogP contribution in [0.1, 0.15) is 112 Å². The highest BCUT2D eigenvalue weighted by Gasteiger charge is 2.45. The lowest BCUT2D eigenvalue weighted by Gasteiger charge is -2.37. The Morgan fingerprint density at radius 1 is 0.823 bits per heavy atom. The second kappa shape index (κ2) is 17.5. The van der Waals surface area contributed by atoms with Crippen molar-refractivity contribution in [3.05, 3.63) is 82.3 Å². The van der Waals surface area contributed by atoms with Crippen LogP contribution in [0.2, 0.25) is 0 Å². The summed E-state index contributed by atoms with van der Waals surface area (Å²) in [6.07, 6.45) is 9.70. The topological polar surface area (TPSA) is 186 Å². The molecule has 0 aliphatic carbocycles. The maximum atomic E-state index is 13.4. The summed E-state index contributed by atoms with van der Waals surface area (Å²) in [7, 11) is 1.84. The van der Waals surface area contributed by atoms with E-state index in [9.17, 15) is 28.8 Å². The quantitative estimate of drug-likeness (QED) is 0.270. The molecule has 7 heterocycles. The van der Waals surface area contributed by atoms with Gasteiger partial charge >= 0.3 is 6.03 Å². The number of urea groups is 1. The first-order chi connectivity index (χ1) is 30.0. The van der Waals surface area contributed by atoms with Crippen LogP contribution in [0.15, 0.2) is 48.7 Å². The summed E-state index contributed by atoms with van der Waals surface area (Å²) in [5.74, 6) is -0.708. The van der Waals surface area contributed by atoms with Gasteiger partial charge in [0.15, 0.2) is 0 Å². The molecule has 0 bridgehead atoms. The van der Waals surface area contributed by atoms with Crippen molar-refractivity contribution in [2.45, 2.75) is 82.2 Å². The Morgan fingerprint density at radius 3 is 2.29 bits per heavy atom. The van der Waals surface area contributed by atoms with Crippen molar-refractivity contribution in [2.24, 2.45) is 11.7 Å². The minimum atomic E-state index is -0.966. The number of benzene rings is 2. The van der Waals surface area contributed by atoms with E-state index in [2.05, 4.69) is 49.3 Å². The standard InChI is InChI=1S/C46H56N10O6/c1-51-23-24-55(46(51)62)34-3-2-17-54(28-34)39-27-48-41(42(47)58)37(49-39)25-30-4-6-31(7-5-30)32-15-19-52(20-16-32)18-12-29-13-21-53(22-14-29)33-8-9-35-36(26-33)45(61)56(44(35)60)38-10-11-40(57)50-43(38)59/h4-9,26-27,29,32,34,38H,2-3,10-25,28H2,1H3,(H2,47,58)(H,50,57,59)/t34-,38?/m1/s1. The van der Waals surface area contributed by atoms with Crippen LogP contribution in [-0.2, 0) is 16.0 Å². The molecule has 326 valence electrons. The third-order valence-corrected chi connectivity index (χ3v) is 14.1. The third kappa shape index (κ3) is 8.36. The highest BCUT2D eigenvalue weighted by atomic mass is 16.2. The van der Waals surface area contributed by atoms with Gasteiger partial charge in [-0.1, -0.05) is 24.3 Å². The van der Waals surface area contributed by atoms with Gasteiger partial charge in [-0.25, -0.2) is 14.8 Å². The lowest BCUT2D eigenvalue weighted by Crippen LogP contribution is -2.54. The highest BCUT2D eigenvalue weighted by molar-refractivity contribution is 6.23. The lowest BCUT2D eigenvalue weighted by molar-refractivity contribution is -0.136. The molecule has 0 radical (unpaired) electrons. The third-order valence-electron chi connectivity index (χ3n) is 14.1. The number of hydrogen-bond donors (Lipinski definition) is 2. The molecule has 16 nitrogen and oxygen atoms in total. The van der Waals surface area contributed by atoms with Crippen LogP contribution in [0.3, 0.4) is 0 Å². The van der Waals surface area contributed by atoms with Crippen LogP contribution in [0, 0.1) is 5.92 Å². The van der Waals surface area contributed by atoms with Gasteiger partial charge in [-0.2, -0.15) is 0 Å². The van der Waals surface area contributed by atoms with Crippen molar-refractivity contribution in [3.63, 3.8) is 0 Å². The fraction of sp³-hybridized carbons (Fsp3) is 0.522. The number of fused-ring (bicyclic) bond motifs is 1. The average Bonchev–Trinajstić information content (AvgIpc) is 3.75. The number of nitrogens with zero attached hydrogens (tertiary/aromatic N) is 8. The number of likely N-dealkylation sites (tertiary alicyclic amines) is 1. The maximum absolute atomic E-state index is 13.4. The van der Waals surface area contributed by atoms with E-state index in [1.54, 1.807) is 23.2 Å². The van der Waals surface area contributed by atoms with E-state index in [-0.39, 0.29) is 36.5 Å². The van der Waals surface area contributed by atoms with Gasteiger partial charge in [0.2, 0.25) is 11.8 Å². The van der Waals surface area contributed by atoms with Gasteiger partial charge in [0.05, 0.1) is 29.1 Å². The van der Waals surface area contributed by atoms with Crippen molar-refractivity contribution in [3.8, 4) is 0 Å². The molecule has 5 saturated heterocycles. The maximum Gasteiger partial charge on any atom is 0.320 e. The molecule has 0 spiro atoms. The molecule has 1 aromatic heterocycles. The van der Waals surface area contributed by atoms with E-state index in [4.69, 9.17) is 10.7 Å². The van der Waals surface area contributed by atoms with E-state index in [1.807, 2.05) is 18.0 Å². The van der Waals surface area contributed by atoms with E-state index in [0.29, 0.717) is 47.4 Å². The normalized spacial score (nSPS) is 23.1. The number of nitrogens with two attached hydrogens (primary N) is 1. The number of carbonyl (C=O) groups excluding carboxylic acids is 6. The monoisotopic (exact) mass is 844 g/mol. The number of rotatable bonds is 11. The average molecular weight is 845 g/mol. The van der Waals surface area contributed by atoms with E-state index < -0.39 is 29.7 Å². The van der Waals surface area contributed by atoms with Crippen LogP contribution in [-0.4, -0.2) is 143 Å². The molecule has 5 fully saturated rings. The molecule has 6 aliphatic rings. The molecule has 62 heavy (non-hydrogen) atoms. The van der Waals surface area contributed by atoms with Gasteiger partial charge in [-0.3, -0.25) is 34.2 Å². The van der Waals surface area contributed by atoms with Gasteiger partial charge in [0.25, 0.3) is 17.7 Å². The second-order valence-electron chi connectivity index (χ2n) is 18.0. The summed E-state index contributed by atoms with van der Waals surface area (Å²) in [5, 5.41) is 2.25. The summed E-state index contributed by atoms with van der Waals surface area (Å²) in [5.41, 5.74) is 10.4. The van der Waals surface area contributed by atoms with Gasteiger partial charge in [0, 0.05) is 64.8 Å². The van der Waals surface area contributed by atoms with Gasteiger partial charge in [0.1, 0.15) is 17.6 Å². The number of imide groups is 2. The number of primary amides is 1. The molecule has 7 amide bonds. The molecule has 6 aliphatic heterocycles. The second-order valence-corrected chi connectivity index (χ2v) is 18.0. The smallest absolute Gasteiger partial charge is 0.320 e. The zero-order valence-corrected chi connectivity index (χ0v) is 35.5. The molecule has 3 aromatic rings. The van der Waals surface area contributed by atoms with Crippen LogP contribution in [0.5, 0.6) is 0 Å². The molecule has 1 unspecified atom stereocenters. The first kappa shape index (κ1) is 41.5. The number of amides is 7. The molecule has 0 saturated carbocycles. The minimum absolute atomic E-state index is 0.0765. The number of anilines is 2. The Hall–Kier alpha value is -5.90. The van der Waals surface area contributed by atoms with Crippen molar-refractivity contribution in [1.29, 1.82) is 0 Å². The first-order valence-electron chi connectivity index (χ1n) is 22.3. The largest absolute Gasteiger partial charge is 0.371 e. The lowest BCUT2D eigenvalue weighted by atomic mass is 9.88. The number of likely N-dealkylation sites (N-methyl/N-ethyl adjacent to an activating group) is 1. The SMILES string of the molecule is CN1CCN([C@@H]2CCCN(c3cnc(C(N)=O)c(Cc4ccc(C5CCN(CCC6CCN(c7ccc8c(c7)C(=O)N(C7CCC(=O)NC7=O)C8=O)CC6)CC5)cc4)n3)C2)C1=O. The van der Waals surface area contributed by atoms with Crippen LogP contribution in [0.25, 0.3) is 0 Å². The summed E-state index contributed by atoms with van der Waals surface area (Å²) in [4.78, 5) is 96.9. The summed E-state index contributed by atoms with van der Waals surface area (Å²) in [6.45, 7) is 7.93. The Balaban J connectivity index is 0.734. The molecule has 3 N–H and O–H groups in total. The first-order valence-corrected chi connectivity index (χ1v) is 22.3. The zero-order valence-electron chi connectivity index (χ0n) is 35.5. The fourth-order valence-electron chi connectivity index (χ4n) is 10.4. The van der Waals surface area contributed by atoms with Gasteiger partial charge in [-0.05, 0) is 112 Å². The van der Waals surface area contributed by atoms with Crippen LogP contribution < -0.4 is 20.9 Å². The summed E-state index contributed by atoms with van der Waals surface area (Å²) >= 11 is 0. The number of nitrogens with one attached hydrogen (secondary N) is 1. The van der Waals surface area contributed by atoms with Crippen molar-refractivity contribution in [1.82, 2.24) is 34.9 Å². The fourth-order valence-corrected chi connectivity index (χ4v) is 10.4. The van der Waals surface area contributed by atoms with E-state index in [1.165, 1.54) is 5.56 Å². The Bertz CT molecular complexity index is 2250. The Labute approximate surface area is 361 Å². The molecule has 16 heteroatoms. The van der Waals surface area contributed by atoms with E-state index in [0.717, 1.165) is 113 Å². The Morgan fingerprint density at radius 2 is 1.58 bits per heavy atom. The number of piperidine rings is 4. The van der Waals surface area contributed by atoms with Crippen molar-refractivity contribution in [2.75, 3.05) is 75.8 Å². The van der Waals surface area contributed by atoms with Gasteiger partial charge < -0.3 is 30.2 Å². The van der Waals surface area contributed by atoms with Gasteiger partial charge in [-0.15, -0.1) is 0 Å². The minimum Gasteiger partial charge on any atom is -0.371 e. The predicted molar refractivity (Wildman–Crippen MR) is 231 cm³/mol. The van der Waals surface area contributed by atoms with Crippen LogP contribution in [0.4, 0.5) is 16.3 Å². The number of aromatic nitrogens is 2. The number of hydrogen-bond acceptors (Lipinski definition) is 11. The molecular weight excluding hydrogens is 789 g/mol. The predicted octanol–water partition coefficient (Wildman–Crippen LogP) is 3.39. The Kier molecular flexibility index (Phi) is 11.7.